The highest BCUT2D eigenvalue weighted by Crippen LogP contribution is 2.41. The molecule has 0 fully saturated rings. The van der Waals surface area contributed by atoms with Crippen molar-refractivity contribution in [3.8, 4) is 0 Å². The number of alkyl halides is 3. The van der Waals surface area contributed by atoms with Crippen molar-refractivity contribution in [3.63, 3.8) is 0 Å². The van der Waals surface area contributed by atoms with Crippen molar-refractivity contribution in [1.82, 2.24) is 0 Å². The maximum atomic E-state index is 12.8. The summed E-state index contributed by atoms with van der Waals surface area (Å²) in [6, 6.07) is 5.05. The fraction of sp³-hybridized carbons (Fsp3) is 0.400. The van der Waals surface area contributed by atoms with E-state index in [9.17, 15) is 18.3 Å². The second kappa shape index (κ2) is 4.61. The zero-order valence-electron chi connectivity index (χ0n) is 8.26. The van der Waals surface area contributed by atoms with Crippen LogP contribution in [0.15, 0.2) is 24.3 Å². The first-order valence-corrected chi connectivity index (χ1v) is 4.94. The Hall–Kier alpha value is -0.780. The Balaban J connectivity index is 3.21. The molecule has 90 valence electrons. The summed E-state index contributed by atoms with van der Waals surface area (Å²) in [6.45, 7) is -0.275. The molecule has 0 aliphatic heterocycles. The lowest BCUT2D eigenvalue weighted by molar-refractivity contribution is -0.268. The highest BCUT2D eigenvalue weighted by Gasteiger charge is 2.54. The molecule has 0 bridgehead atoms. The predicted molar refractivity (Wildman–Crippen MR) is 55.1 cm³/mol. The van der Waals surface area contributed by atoms with Gasteiger partial charge in [-0.05, 0) is 24.2 Å². The van der Waals surface area contributed by atoms with Crippen LogP contribution in [0.4, 0.5) is 13.2 Å². The molecule has 0 aliphatic rings. The van der Waals surface area contributed by atoms with Crippen LogP contribution in [0.5, 0.6) is 0 Å². The molecule has 16 heavy (non-hydrogen) atoms. The molecular formula is C10H11ClF3NO. The topological polar surface area (TPSA) is 46.2 Å². The summed E-state index contributed by atoms with van der Waals surface area (Å²) in [5, 5.41) is 9.82. The Bertz CT molecular complexity index is 369. The van der Waals surface area contributed by atoms with Gasteiger partial charge in [-0.1, -0.05) is 23.7 Å². The molecule has 0 saturated heterocycles. The van der Waals surface area contributed by atoms with E-state index in [1.807, 2.05) is 0 Å². The van der Waals surface area contributed by atoms with Gasteiger partial charge < -0.3 is 10.8 Å². The zero-order valence-corrected chi connectivity index (χ0v) is 9.02. The lowest BCUT2D eigenvalue weighted by Crippen LogP contribution is -2.43. The standard InChI is InChI=1S/C10H11ClF3NO/c11-8-3-1-2-7(6-8)9(16,4-5-15)10(12,13)14/h1-3,6,16H,4-5,15H2. The van der Waals surface area contributed by atoms with Crippen LogP contribution < -0.4 is 5.73 Å². The van der Waals surface area contributed by atoms with Gasteiger partial charge in [0, 0.05) is 11.4 Å². The van der Waals surface area contributed by atoms with Crippen molar-refractivity contribution in [2.24, 2.45) is 5.73 Å². The molecule has 0 amide bonds. The van der Waals surface area contributed by atoms with Crippen LogP contribution in [0.2, 0.25) is 5.02 Å². The Kier molecular flexibility index (Phi) is 3.83. The molecule has 0 radical (unpaired) electrons. The van der Waals surface area contributed by atoms with Gasteiger partial charge in [-0.15, -0.1) is 0 Å². The second-order valence-electron chi connectivity index (χ2n) is 3.41. The van der Waals surface area contributed by atoms with E-state index in [2.05, 4.69) is 0 Å². The largest absolute Gasteiger partial charge is 0.421 e. The number of benzene rings is 1. The fourth-order valence-electron chi connectivity index (χ4n) is 1.40. The van der Waals surface area contributed by atoms with Crippen LogP contribution in [0.1, 0.15) is 12.0 Å². The van der Waals surface area contributed by atoms with Crippen LogP contribution in [-0.4, -0.2) is 17.8 Å². The number of halogens is 4. The molecule has 3 N–H and O–H groups in total. The van der Waals surface area contributed by atoms with Crippen LogP contribution >= 0.6 is 11.6 Å². The van der Waals surface area contributed by atoms with Gasteiger partial charge in [-0.2, -0.15) is 13.2 Å². The number of hydrogen-bond acceptors (Lipinski definition) is 2. The van der Waals surface area contributed by atoms with Crippen molar-refractivity contribution in [1.29, 1.82) is 0 Å². The molecule has 0 spiro atoms. The number of aliphatic hydroxyl groups is 1. The normalized spacial score (nSPS) is 15.9. The zero-order chi connectivity index (χ0) is 12.4. The van der Waals surface area contributed by atoms with E-state index in [-0.39, 0.29) is 17.1 Å². The first-order chi connectivity index (χ1) is 7.31. The SMILES string of the molecule is NCCC(O)(c1cccc(Cl)c1)C(F)(F)F. The van der Waals surface area contributed by atoms with Gasteiger partial charge in [0.15, 0.2) is 5.60 Å². The quantitative estimate of drug-likeness (QED) is 0.869. The predicted octanol–water partition coefficient (Wildman–Crippen LogP) is 2.44. The number of rotatable bonds is 3. The maximum absolute atomic E-state index is 12.8. The third-order valence-electron chi connectivity index (χ3n) is 2.28. The lowest BCUT2D eigenvalue weighted by atomic mass is 9.90. The maximum Gasteiger partial charge on any atom is 0.421 e. The average Bonchev–Trinajstić information content (AvgIpc) is 2.16. The number of nitrogens with two attached hydrogens (primary N) is 1. The minimum Gasteiger partial charge on any atom is -0.376 e. The molecule has 0 heterocycles. The summed E-state index contributed by atoms with van der Waals surface area (Å²) in [4.78, 5) is 0. The van der Waals surface area contributed by atoms with Crippen molar-refractivity contribution in [3.05, 3.63) is 34.9 Å². The summed E-state index contributed by atoms with van der Waals surface area (Å²) < 4.78 is 38.3. The van der Waals surface area contributed by atoms with E-state index in [1.54, 1.807) is 0 Å². The molecule has 0 aliphatic carbocycles. The molecule has 2 nitrogen and oxygen atoms in total. The van der Waals surface area contributed by atoms with Gasteiger partial charge in [-0.3, -0.25) is 0 Å². The average molecular weight is 254 g/mol. The Labute approximate surface area is 95.8 Å². The van der Waals surface area contributed by atoms with Crippen LogP contribution in [0, 0.1) is 0 Å². The van der Waals surface area contributed by atoms with Crippen molar-refractivity contribution in [2.45, 2.75) is 18.2 Å². The van der Waals surface area contributed by atoms with Gasteiger partial charge in [0.2, 0.25) is 0 Å². The molecule has 6 heteroatoms. The van der Waals surface area contributed by atoms with Crippen molar-refractivity contribution >= 4 is 11.6 Å². The Morgan fingerprint density at radius 3 is 2.38 bits per heavy atom. The van der Waals surface area contributed by atoms with E-state index in [4.69, 9.17) is 17.3 Å². The minimum absolute atomic E-state index is 0.136. The van der Waals surface area contributed by atoms with Gasteiger partial charge in [0.1, 0.15) is 0 Å². The van der Waals surface area contributed by atoms with Crippen LogP contribution in [0.25, 0.3) is 0 Å². The third kappa shape index (κ3) is 2.48. The molecule has 1 aromatic carbocycles. The van der Waals surface area contributed by atoms with Gasteiger partial charge in [0.25, 0.3) is 0 Å². The lowest BCUT2D eigenvalue weighted by Gasteiger charge is -2.30. The highest BCUT2D eigenvalue weighted by molar-refractivity contribution is 6.30. The van der Waals surface area contributed by atoms with Gasteiger partial charge >= 0.3 is 6.18 Å². The summed E-state index contributed by atoms with van der Waals surface area (Å²) in [5.41, 5.74) is 1.86. The Morgan fingerprint density at radius 2 is 1.94 bits per heavy atom. The van der Waals surface area contributed by atoms with E-state index in [0.29, 0.717) is 0 Å². The number of hydrogen-bond donors (Lipinski definition) is 2. The first-order valence-electron chi connectivity index (χ1n) is 4.56. The molecule has 1 rings (SSSR count). The van der Waals surface area contributed by atoms with Gasteiger partial charge in [-0.25, -0.2) is 0 Å². The van der Waals surface area contributed by atoms with E-state index >= 15 is 0 Å². The second-order valence-corrected chi connectivity index (χ2v) is 3.84. The fourth-order valence-corrected chi connectivity index (χ4v) is 1.59. The summed E-state index contributed by atoms with van der Waals surface area (Å²) in [6.07, 6.45) is -5.38. The smallest absolute Gasteiger partial charge is 0.376 e. The van der Waals surface area contributed by atoms with Crippen molar-refractivity contribution < 1.29 is 18.3 Å². The minimum atomic E-state index is -4.78. The van der Waals surface area contributed by atoms with E-state index in [1.165, 1.54) is 18.2 Å². The molecule has 0 aromatic heterocycles. The van der Waals surface area contributed by atoms with Gasteiger partial charge in [0.05, 0.1) is 0 Å². The Morgan fingerprint density at radius 1 is 1.31 bits per heavy atom. The monoisotopic (exact) mass is 253 g/mol. The first kappa shape index (κ1) is 13.3. The van der Waals surface area contributed by atoms with Crippen molar-refractivity contribution in [2.75, 3.05) is 6.54 Å². The molecule has 1 atom stereocenters. The summed E-state index contributed by atoms with van der Waals surface area (Å²) >= 11 is 5.59. The highest BCUT2D eigenvalue weighted by atomic mass is 35.5. The summed E-state index contributed by atoms with van der Waals surface area (Å²) in [5.74, 6) is 0. The van der Waals surface area contributed by atoms with E-state index < -0.39 is 18.2 Å². The summed E-state index contributed by atoms with van der Waals surface area (Å²) in [7, 11) is 0. The van der Waals surface area contributed by atoms with Crippen LogP contribution in [-0.2, 0) is 5.60 Å². The van der Waals surface area contributed by atoms with Crippen LogP contribution in [0.3, 0.4) is 0 Å². The van der Waals surface area contributed by atoms with E-state index in [0.717, 1.165) is 6.07 Å². The molecule has 1 aromatic rings. The molecule has 0 saturated carbocycles. The molecular weight excluding hydrogens is 243 g/mol. The third-order valence-corrected chi connectivity index (χ3v) is 2.51. The molecule has 1 unspecified atom stereocenters.